The molecule has 3 atom stereocenters. The molecule has 1 amide bonds. The number of carbonyl (C=O) groups excluding carboxylic acids is 2. The van der Waals surface area contributed by atoms with Crippen LogP contribution in [-0.2, 0) is 10.3 Å². The monoisotopic (exact) mass is 451 g/mol. The summed E-state index contributed by atoms with van der Waals surface area (Å²) in [6.07, 6.45) is 1.40. The van der Waals surface area contributed by atoms with Crippen LogP contribution in [0, 0.1) is 16.0 Å². The molecule has 9 heteroatoms. The van der Waals surface area contributed by atoms with E-state index in [0.29, 0.717) is 28.4 Å². The summed E-state index contributed by atoms with van der Waals surface area (Å²) in [4.78, 5) is 40.0. The average Bonchev–Trinajstić information content (AvgIpc) is 3.47. The Hall–Kier alpha value is -3.49. The number of nitrogens with one attached hydrogen (secondary N) is 1. The summed E-state index contributed by atoms with van der Waals surface area (Å²) in [5.74, 6) is -1.94. The molecular formula is C23H18ClN3O5. The van der Waals surface area contributed by atoms with Gasteiger partial charge in [0.2, 0.25) is 11.7 Å². The van der Waals surface area contributed by atoms with E-state index >= 15 is 0 Å². The van der Waals surface area contributed by atoms with Gasteiger partial charge in [-0.2, -0.15) is 0 Å². The van der Waals surface area contributed by atoms with E-state index in [1.807, 2.05) is 4.90 Å². The molecule has 162 valence electrons. The largest absolute Gasteiger partial charge is 0.461 e. The third-order valence-electron chi connectivity index (χ3n) is 6.47. The number of nitro benzene ring substituents is 1. The number of nitro groups is 1. The summed E-state index contributed by atoms with van der Waals surface area (Å²) in [7, 11) is 1.77. The zero-order chi connectivity index (χ0) is 22.6. The summed E-state index contributed by atoms with van der Waals surface area (Å²) >= 11 is 6.28. The third-order valence-corrected chi connectivity index (χ3v) is 6.70. The Morgan fingerprint density at radius 2 is 2.06 bits per heavy atom. The Morgan fingerprint density at radius 3 is 2.78 bits per heavy atom. The van der Waals surface area contributed by atoms with Crippen LogP contribution in [0.2, 0.25) is 5.02 Å². The minimum atomic E-state index is -1.33. The lowest BCUT2D eigenvalue weighted by molar-refractivity contribution is -0.384. The number of anilines is 1. The number of benzene rings is 2. The molecule has 0 aliphatic carbocycles. The van der Waals surface area contributed by atoms with Crippen LogP contribution >= 0.6 is 11.6 Å². The first-order valence-electron chi connectivity index (χ1n) is 9.99. The van der Waals surface area contributed by atoms with Crippen molar-refractivity contribution >= 4 is 34.7 Å². The summed E-state index contributed by atoms with van der Waals surface area (Å²) in [6, 6.07) is 14.5. The van der Waals surface area contributed by atoms with Gasteiger partial charge in [0.15, 0.2) is 5.76 Å². The first-order valence-corrected chi connectivity index (χ1v) is 10.4. The Morgan fingerprint density at radius 1 is 1.25 bits per heavy atom. The van der Waals surface area contributed by atoms with Crippen molar-refractivity contribution in [3.05, 3.63) is 92.9 Å². The Balaban J connectivity index is 1.74. The Bertz CT molecular complexity index is 1260. The summed E-state index contributed by atoms with van der Waals surface area (Å²) in [5.41, 5.74) is 0.392. The molecule has 1 fully saturated rings. The van der Waals surface area contributed by atoms with E-state index in [4.69, 9.17) is 16.0 Å². The van der Waals surface area contributed by atoms with Gasteiger partial charge in [0.25, 0.3) is 5.69 Å². The highest BCUT2D eigenvalue weighted by atomic mass is 35.5. The number of halogens is 1. The van der Waals surface area contributed by atoms with E-state index in [0.717, 1.165) is 0 Å². The lowest BCUT2D eigenvalue weighted by atomic mass is 9.71. The van der Waals surface area contributed by atoms with E-state index in [1.54, 1.807) is 49.5 Å². The van der Waals surface area contributed by atoms with Gasteiger partial charge in [-0.15, -0.1) is 0 Å². The van der Waals surface area contributed by atoms with Gasteiger partial charge in [-0.3, -0.25) is 24.6 Å². The first-order chi connectivity index (χ1) is 15.3. The topological polar surface area (TPSA) is 106 Å². The highest BCUT2D eigenvalue weighted by Gasteiger charge is 2.64. The van der Waals surface area contributed by atoms with E-state index in [1.165, 1.54) is 18.4 Å². The average molecular weight is 452 g/mol. The molecule has 1 spiro atoms. The van der Waals surface area contributed by atoms with Gasteiger partial charge < -0.3 is 9.73 Å². The fourth-order valence-electron chi connectivity index (χ4n) is 5.15. The van der Waals surface area contributed by atoms with Crippen molar-refractivity contribution in [1.82, 2.24) is 4.90 Å². The molecule has 0 radical (unpaired) electrons. The number of fused-ring (bicyclic) bond motifs is 2. The minimum absolute atomic E-state index is 0.0744. The number of nitrogens with zero attached hydrogens (tertiary/aromatic N) is 2. The second kappa shape index (κ2) is 7.29. The number of rotatable bonds is 4. The minimum Gasteiger partial charge on any atom is -0.461 e. The molecule has 0 bridgehead atoms. The van der Waals surface area contributed by atoms with Crippen LogP contribution in [0.15, 0.2) is 65.3 Å². The molecule has 3 heterocycles. The van der Waals surface area contributed by atoms with Gasteiger partial charge in [0.1, 0.15) is 5.54 Å². The number of ketones is 1. The van der Waals surface area contributed by atoms with Crippen molar-refractivity contribution in [2.75, 3.05) is 18.9 Å². The SMILES string of the molecule is CN1C[C@H](c2cccc([N+](=O)[O-])c2)[C@@H](C(=O)c2ccco2)[C@@]12C(=O)Nc1ccc(Cl)cc12. The summed E-state index contributed by atoms with van der Waals surface area (Å²) in [5, 5.41) is 14.7. The second-order valence-corrected chi connectivity index (χ2v) is 8.51. The molecule has 0 unspecified atom stereocenters. The van der Waals surface area contributed by atoms with E-state index < -0.39 is 22.3 Å². The van der Waals surface area contributed by atoms with Crippen molar-refractivity contribution < 1.29 is 18.9 Å². The van der Waals surface area contributed by atoms with Crippen LogP contribution in [0.25, 0.3) is 0 Å². The molecular weight excluding hydrogens is 434 g/mol. The normalized spacial score (nSPS) is 24.5. The molecule has 3 aromatic rings. The van der Waals surface area contributed by atoms with E-state index in [9.17, 15) is 19.7 Å². The standard InChI is InChI=1S/C23H18ClN3O5/c1-26-12-16(13-4-2-5-15(10-13)27(30)31)20(21(28)19-6-3-9-32-19)23(26)17-11-14(24)7-8-18(17)25-22(23)29/h2-11,16,20H,12H2,1H3,(H,25,29)/t16-,20+,23+/m1/s1. The van der Waals surface area contributed by atoms with Crippen molar-refractivity contribution in [3.63, 3.8) is 0 Å². The third kappa shape index (κ3) is 2.80. The van der Waals surface area contributed by atoms with E-state index in [-0.39, 0.29) is 23.1 Å². The highest BCUT2D eigenvalue weighted by Crippen LogP contribution is 2.56. The van der Waals surface area contributed by atoms with Gasteiger partial charge in [-0.1, -0.05) is 23.7 Å². The van der Waals surface area contributed by atoms with Gasteiger partial charge in [0, 0.05) is 40.9 Å². The number of non-ortho nitro benzene ring substituents is 1. The van der Waals surface area contributed by atoms with E-state index in [2.05, 4.69) is 5.32 Å². The molecule has 5 rings (SSSR count). The maximum Gasteiger partial charge on any atom is 0.269 e. The number of likely N-dealkylation sites (N-methyl/N-ethyl adjacent to an activating group) is 1. The van der Waals surface area contributed by atoms with Crippen LogP contribution < -0.4 is 5.32 Å². The number of Topliss-reactive ketones (excluding diaryl/α,β-unsaturated/α-hetero) is 1. The van der Waals surface area contributed by atoms with Crippen LogP contribution in [0.4, 0.5) is 11.4 Å². The zero-order valence-corrected chi connectivity index (χ0v) is 17.7. The molecule has 1 saturated heterocycles. The lowest BCUT2D eigenvalue weighted by Crippen LogP contribution is -2.51. The van der Waals surface area contributed by atoms with Crippen LogP contribution in [0.5, 0.6) is 0 Å². The number of likely N-dealkylation sites (tertiary alicyclic amines) is 1. The van der Waals surface area contributed by atoms with Crippen molar-refractivity contribution in [2.24, 2.45) is 5.92 Å². The Labute approximate surface area is 187 Å². The lowest BCUT2D eigenvalue weighted by Gasteiger charge is -2.35. The zero-order valence-electron chi connectivity index (χ0n) is 16.9. The maximum absolute atomic E-state index is 13.8. The van der Waals surface area contributed by atoms with Crippen molar-refractivity contribution in [2.45, 2.75) is 11.5 Å². The highest BCUT2D eigenvalue weighted by molar-refractivity contribution is 6.31. The van der Waals surface area contributed by atoms with Gasteiger partial charge in [0.05, 0.1) is 17.1 Å². The molecule has 2 aromatic carbocycles. The number of carbonyl (C=O) groups is 2. The molecule has 32 heavy (non-hydrogen) atoms. The second-order valence-electron chi connectivity index (χ2n) is 8.07. The van der Waals surface area contributed by atoms with Crippen LogP contribution in [0.1, 0.15) is 27.6 Å². The number of hydrogen-bond acceptors (Lipinski definition) is 6. The first kappa shape index (κ1) is 20.4. The Kier molecular flexibility index (Phi) is 4.65. The molecule has 1 N–H and O–H groups in total. The van der Waals surface area contributed by atoms with Gasteiger partial charge >= 0.3 is 0 Å². The molecule has 2 aliphatic rings. The predicted molar refractivity (Wildman–Crippen MR) is 117 cm³/mol. The predicted octanol–water partition coefficient (Wildman–Crippen LogP) is 4.22. The number of amides is 1. The fourth-order valence-corrected chi connectivity index (χ4v) is 5.32. The van der Waals surface area contributed by atoms with Crippen LogP contribution in [0.3, 0.4) is 0 Å². The number of hydrogen-bond donors (Lipinski definition) is 1. The molecule has 0 saturated carbocycles. The molecule has 2 aliphatic heterocycles. The quantitative estimate of drug-likeness (QED) is 0.361. The summed E-state index contributed by atoms with van der Waals surface area (Å²) < 4.78 is 5.40. The van der Waals surface area contributed by atoms with Gasteiger partial charge in [-0.25, -0.2) is 0 Å². The van der Waals surface area contributed by atoms with Crippen LogP contribution in [-0.4, -0.2) is 35.1 Å². The maximum atomic E-state index is 13.8. The smallest absolute Gasteiger partial charge is 0.269 e. The fraction of sp³-hybridized carbons (Fsp3) is 0.217. The molecule has 1 aromatic heterocycles. The van der Waals surface area contributed by atoms with Gasteiger partial charge in [-0.05, 0) is 42.9 Å². The summed E-state index contributed by atoms with van der Waals surface area (Å²) in [6.45, 7) is 0.331. The van der Waals surface area contributed by atoms with Crippen molar-refractivity contribution in [1.29, 1.82) is 0 Å². The molecule has 8 nitrogen and oxygen atoms in total. The van der Waals surface area contributed by atoms with Crippen molar-refractivity contribution in [3.8, 4) is 0 Å². The number of furan rings is 1.